The number of rotatable bonds is 5. The van der Waals surface area contributed by atoms with E-state index in [-0.39, 0.29) is 11.8 Å². The molecule has 0 bridgehead atoms. The molecule has 2 fully saturated rings. The van der Waals surface area contributed by atoms with Gasteiger partial charge in [-0.05, 0) is 31.1 Å². The van der Waals surface area contributed by atoms with Crippen molar-refractivity contribution in [1.29, 1.82) is 0 Å². The monoisotopic (exact) mass is 334 g/mol. The minimum Gasteiger partial charge on any atom is -0.481 e. The van der Waals surface area contributed by atoms with Gasteiger partial charge in [0.15, 0.2) is 0 Å². The number of carbonyl (C=O) groups is 1. The lowest BCUT2D eigenvalue weighted by molar-refractivity contribution is -0.139. The number of carboxylic acids is 1. The molecule has 7 nitrogen and oxygen atoms in total. The summed E-state index contributed by atoms with van der Waals surface area (Å²) in [6, 6.07) is 0. The first-order valence-electron chi connectivity index (χ1n) is 7.73. The maximum atomic E-state index is 12.6. The standard InChI is InChI=1S/C14H26N2O5S/c1-13(2)3-7-16(8-4-13)22(19,20)15-14(11-12(17)18)5-9-21-10-6-14/h15H,3-11H2,1-2H3,(H,17,18). The van der Waals surface area contributed by atoms with Crippen LogP contribution in [0.1, 0.15) is 46.0 Å². The molecule has 2 saturated heterocycles. The average Bonchev–Trinajstić information content (AvgIpc) is 2.37. The molecule has 0 aromatic rings. The molecule has 8 heteroatoms. The lowest BCUT2D eigenvalue weighted by Gasteiger charge is -2.40. The van der Waals surface area contributed by atoms with Gasteiger partial charge in [-0.2, -0.15) is 17.4 Å². The molecule has 2 N–H and O–H groups in total. The van der Waals surface area contributed by atoms with Gasteiger partial charge in [0, 0.05) is 31.8 Å². The highest BCUT2D eigenvalue weighted by atomic mass is 32.2. The molecule has 0 atom stereocenters. The van der Waals surface area contributed by atoms with Crippen LogP contribution in [0.2, 0.25) is 0 Å². The van der Waals surface area contributed by atoms with Crippen molar-refractivity contribution in [1.82, 2.24) is 9.03 Å². The molecule has 2 aliphatic heterocycles. The van der Waals surface area contributed by atoms with Gasteiger partial charge in [0.2, 0.25) is 0 Å². The van der Waals surface area contributed by atoms with Gasteiger partial charge < -0.3 is 9.84 Å². The lowest BCUT2D eigenvalue weighted by Crippen LogP contribution is -2.58. The van der Waals surface area contributed by atoms with Crippen molar-refractivity contribution in [3.8, 4) is 0 Å². The van der Waals surface area contributed by atoms with E-state index in [4.69, 9.17) is 9.84 Å². The highest BCUT2D eigenvalue weighted by molar-refractivity contribution is 7.87. The summed E-state index contributed by atoms with van der Waals surface area (Å²) >= 11 is 0. The van der Waals surface area contributed by atoms with E-state index in [0.29, 0.717) is 39.1 Å². The Kier molecular flexibility index (Phi) is 5.16. The summed E-state index contributed by atoms with van der Waals surface area (Å²) in [6.45, 7) is 5.97. The first kappa shape index (κ1) is 17.7. The van der Waals surface area contributed by atoms with E-state index in [1.165, 1.54) is 4.31 Å². The fraction of sp³-hybridized carbons (Fsp3) is 0.929. The van der Waals surface area contributed by atoms with Crippen LogP contribution in [0.25, 0.3) is 0 Å². The van der Waals surface area contributed by atoms with Crippen LogP contribution >= 0.6 is 0 Å². The zero-order valence-corrected chi connectivity index (χ0v) is 14.1. The van der Waals surface area contributed by atoms with E-state index in [1.807, 2.05) is 0 Å². The first-order valence-corrected chi connectivity index (χ1v) is 9.17. The van der Waals surface area contributed by atoms with E-state index in [0.717, 1.165) is 12.8 Å². The number of hydrogen-bond acceptors (Lipinski definition) is 4. The third-order valence-corrected chi connectivity index (χ3v) is 6.44. The number of piperidine rings is 1. The lowest BCUT2D eigenvalue weighted by atomic mass is 9.83. The summed E-state index contributed by atoms with van der Waals surface area (Å²) < 4.78 is 34.6. The SMILES string of the molecule is CC1(C)CCN(S(=O)(=O)NC2(CC(=O)O)CCOCC2)CC1. The normalized spacial score (nSPS) is 25.7. The number of carboxylic acid groups (broad SMARTS) is 1. The Balaban J connectivity index is 2.09. The third-order valence-electron chi connectivity index (χ3n) is 4.70. The van der Waals surface area contributed by atoms with E-state index in [9.17, 15) is 13.2 Å². The van der Waals surface area contributed by atoms with Crippen molar-refractivity contribution in [2.24, 2.45) is 5.41 Å². The van der Waals surface area contributed by atoms with Gasteiger partial charge in [-0.1, -0.05) is 13.8 Å². The molecule has 2 rings (SSSR count). The Labute approximate surface area is 132 Å². The average molecular weight is 334 g/mol. The maximum absolute atomic E-state index is 12.6. The van der Waals surface area contributed by atoms with Crippen LogP contribution in [0.4, 0.5) is 0 Å². The van der Waals surface area contributed by atoms with E-state index in [1.54, 1.807) is 0 Å². The van der Waals surface area contributed by atoms with Crippen LogP contribution in [0.5, 0.6) is 0 Å². The summed E-state index contributed by atoms with van der Waals surface area (Å²) in [4.78, 5) is 11.1. The summed E-state index contributed by atoms with van der Waals surface area (Å²) in [5.41, 5.74) is -0.778. The van der Waals surface area contributed by atoms with Crippen LogP contribution in [0.15, 0.2) is 0 Å². The van der Waals surface area contributed by atoms with E-state index < -0.39 is 21.7 Å². The number of nitrogens with one attached hydrogen (secondary N) is 1. The van der Waals surface area contributed by atoms with Crippen LogP contribution in [0, 0.1) is 5.41 Å². The second kappa shape index (κ2) is 6.43. The zero-order valence-electron chi connectivity index (χ0n) is 13.3. The minimum atomic E-state index is -3.67. The quantitative estimate of drug-likeness (QED) is 0.781. The molecule has 0 aliphatic carbocycles. The Morgan fingerprint density at radius 2 is 1.73 bits per heavy atom. The third kappa shape index (κ3) is 4.41. The van der Waals surface area contributed by atoms with Crippen molar-refractivity contribution in [3.05, 3.63) is 0 Å². The van der Waals surface area contributed by atoms with Gasteiger partial charge in [-0.25, -0.2) is 0 Å². The predicted octanol–water partition coefficient (Wildman–Crippen LogP) is 0.967. The minimum absolute atomic E-state index is 0.156. The highest BCUT2D eigenvalue weighted by Crippen LogP contribution is 2.32. The van der Waals surface area contributed by atoms with E-state index in [2.05, 4.69) is 18.6 Å². The molecular formula is C14H26N2O5S. The number of aliphatic carboxylic acids is 1. The summed E-state index contributed by atoms with van der Waals surface area (Å²) in [6.07, 6.45) is 2.18. The van der Waals surface area contributed by atoms with Crippen LogP contribution in [0.3, 0.4) is 0 Å². The summed E-state index contributed by atoms with van der Waals surface area (Å²) in [5, 5.41) is 9.12. The van der Waals surface area contributed by atoms with Crippen LogP contribution in [-0.2, 0) is 19.7 Å². The van der Waals surface area contributed by atoms with E-state index >= 15 is 0 Å². The smallest absolute Gasteiger partial charge is 0.305 e. The van der Waals surface area contributed by atoms with Gasteiger partial charge in [-0.15, -0.1) is 0 Å². The molecule has 0 unspecified atom stereocenters. The second-order valence-electron chi connectivity index (χ2n) is 7.13. The molecule has 2 heterocycles. The largest absolute Gasteiger partial charge is 0.481 e. The molecule has 128 valence electrons. The summed E-state index contributed by atoms with van der Waals surface area (Å²) in [5.74, 6) is -0.996. The Bertz CT molecular complexity index is 501. The molecule has 0 spiro atoms. The van der Waals surface area contributed by atoms with Crippen molar-refractivity contribution >= 4 is 16.2 Å². The number of hydrogen-bond donors (Lipinski definition) is 2. The number of ether oxygens (including phenoxy) is 1. The predicted molar refractivity (Wildman–Crippen MR) is 81.7 cm³/mol. The van der Waals surface area contributed by atoms with Crippen molar-refractivity contribution in [2.45, 2.75) is 51.5 Å². The van der Waals surface area contributed by atoms with Gasteiger partial charge >= 0.3 is 5.97 Å². The molecule has 0 saturated carbocycles. The molecular weight excluding hydrogens is 308 g/mol. The Morgan fingerprint density at radius 1 is 1.18 bits per heavy atom. The fourth-order valence-corrected chi connectivity index (χ4v) is 4.65. The molecule has 22 heavy (non-hydrogen) atoms. The van der Waals surface area contributed by atoms with Gasteiger partial charge in [0.05, 0.1) is 6.42 Å². The topological polar surface area (TPSA) is 95.9 Å². The number of nitrogens with zero attached hydrogens (tertiary/aromatic N) is 1. The van der Waals surface area contributed by atoms with Crippen LogP contribution < -0.4 is 4.72 Å². The molecule has 2 aliphatic rings. The maximum Gasteiger partial charge on any atom is 0.305 e. The van der Waals surface area contributed by atoms with Crippen molar-refractivity contribution in [2.75, 3.05) is 26.3 Å². The molecule has 0 amide bonds. The van der Waals surface area contributed by atoms with Gasteiger partial charge in [0.25, 0.3) is 10.2 Å². The first-order chi connectivity index (χ1) is 10.1. The highest BCUT2D eigenvalue weighted by Gasteiger charge is 2.41. The zero-order chi connectivity index (χ0) is 16.4. The molecule has 0 radical (unpaired) electrons. The molecule has 0 aromatic carbocycles. The van der Waals surface area contributed by atoms with Gasteiger partial charge in [-0.3, -0.25) is 4.79 Å². The van der Waals surface area contributed by atoms with Crippen molar-refractivity contribution in [3.63, 3.8) is 0 Å². The van der Waals surface area contributed by atoms with Gasteiger partial charge in [0.1, 0.15) is 0 Å². The van der Waals surface area contributed by atoms with Crippen LogP contribution in [-0.4, -0.2) is 55.6 Å². The second-order valence-corrected chi connectivity index (χ2v) is 8.80. The Morgan fingerprint density at radius 3 is 2.23 bits per heavy atom. The molecule has 0 aromatic heterocycles. The summed E-state index contributed by atoms with van der Waals surface area (Å²) in [7, 11) is -3.67. The van der Waals surface area contributed by atoms with Crippen molar-refractivity contribution < 1.29 is 23.1 Å². The Hall–Kier alpha value is -0.700. The fourth-order valence-electron chi connectivity index (χ4n) is 3.04.